The highest BCUT2D eigenvalue weighted by Crippen LogP contribution is 2.17. The maximum absolute atomic E-state index is 11.8. The fourth-order valence-electron chi connectivity index (χ4n) is 1.56. The fraction of sp³-hybridized carbons (Fsp3) is 0.462. The van der Waals surface area contributed by atoms with Crippen molar-refractivity contribution in [3.8, 4) is 5.75 Å². The van der Waals surface area contributed by atoms with Gasteiger partial charge in [-0.25, -0.2) is 0 Å². The van der Waals surface area contributed by atoms with E-state index >= 15 is 0 Å². The number of phenolic OH excluding ortho intramolecular Hbond substituents is 1. The van der Waals surface area contributed by atoms with Crippen LogP contribution in [-0.2, 0) is 4.74 Å². The molecular formula is C13H19NO4. The molecule has 1 unspecified atom stereocenters. The topological polar surface area (TPSA) is 78.8 Å². The van der Waals surface area contributed by atoms with Crippen LogP contribution in [0, 0.1) is 6.92 Å². The first-order chi connectivity index (χ1) is 8.54. The van der Waals surface area contributed by atoms with Gasteiger partial charge in [-0.05, 0) is 25.5 Å². The largest absolute Gasteiger partial charge is 0.507 e. The first kappa shape index (κ1) is 14.5. The average Bonchev–Trinajstić information content (AvgIpc) is 2.32. The first-order valence-electron chi connectivity index (χ1n) is 5.79. The molecule has 0 saturated heterocycles. The van der Waals surface area contributed by atoms with Crippen LogP contribution in [0.2, 0.25) is 0 Å². The molecule has 100 valence electrons. The Balaban J connectivity index is 2.48. The SMILES string of the molecule is COCC(O)CCNC(=O)c1cc(C)ccc1O. The minimum absolute atomic E-state index is 0.0458. The molecule has 0 aromatic heterocycles. The number of rotatable bonds is 6. The van der Waals surface area contributed by atoms with E-state index in [4.69, 9.17) is 4.74 Å². The Morgan fingerprint density at radius 1 is 1.50 bits per heavy atom. The third-order valence-electron chi connectivity index (χ3n) is 2.52. The van der Waals surface area contributed by atoms with Gasteiger partial charge < -0.3 is 20.3 Å². The van der Waals surface area contributed by atoms with E-state index in [1.165, 1.54) is 13.2 Å². The van der Waals surface area contributed by atoms with Gasteiger partial charge in [-0.15, -0.1) is 0 Å². The summed E-state index contributed by atoms with van der Waals surface area (Å²) in [7, 11) is 1.51. The molecule has 18 heavy (non-hydrogen) atoms. The number of methoxy groups -OCH3 is 1. The fourth-order valence-corrected chi connectivity index (χ4v) is 1.56. The highest BCUT2D eigenvalue weighted by Gasteiger charge is 2.11. The molecule has 0 aliphatic heterocycles. The van der Waals surface area contributed by atoms with Crippen molar-refractivity contribution in [1.82, 2.24) is 5.32 Å². The number of carbonyl (C=O) groups is 1. The molecule has 1 atom stereocenters. The van der Waals surface area contributed by atoms with Crippen LogP contribution in [0.4, 0.5) is 0 Å². The van der Waals surface area contributed by atoms with Gasteiger partial charge in [-0.2, -0.15) is 0 Å². The van der Waals surface area contributed by atoms with E-state index in [1.807, 2.05) is 6.92 Å². The van der Waals surface area contributed by atoms with E-state index in [9.17, 15) is 15.0 Å². The van der Waals surface area contributed by atoms with Gasteiger partial charge in [0.15, 0.2) is 0 Å². The summed E-state index contributed by atoms with van der Waals surface area (Å²) < 4.78 is 4.78. The summed E-state index contributed by atoms with van der Waals surface area (Å²) in [6, 6.07) is 4.84. The van der Waals surface area contributed by atoms with Gasteiger partial charge in [0.1, 0.15) is 5.75 Å². The minimum Gasteiger partial charge on any atom is -0.507 e. The third-order valence-corrected chi connectivity index (χ3v) is 2.52. The van der Waals surface area contributed by atoms with Gasteiger partial charge in [0.2, 0.25) is 0 Å². The lowest BCUT2D eigenvalue weighted by molar-refractivity contribution is 0.0587. The Kier molecular flexibility index (Phi) is 5.61. The number of aliphatic hydroxyl groups excluding tert-OH is 1. The Morgan fingerprint density at radius 2 is 2.22 bits per heavy atom. The quantitative estimate of drug-likeness (QED) is 0.701. The molecular weight excluding hydrogens is 234 g/mol. The molecule has 1 rings (SSSR count). The molecule has 0 bridgehead atoms. The molecule has 5 heteroatoms. The molecule has 0 radical (unpaired) electrons. The maximum atomic E-state index is 11.8. The molecule has 3 N–H and O–H groups in total. The molecule has 0 fully saturated rings. The second-order valence-electron chi connectivity index (χ2n) is 4.17. The van der Waals surface area contributed by atoms with E-state index in [2.05, 4.69) is 5.32 Å². The van der Waals surface area contributed by atoms with Crippen LogP contribution in [0.1, 0.15) is 22.3 Å². The number of ether oxygens (including phenoxy) is 1. The zero-order chi connectivity index (χ0) is 13.5. The van der Waals surface area contributed by atoms with Crippen molar-refractivity contribution in [1.29, 1.82) is 0 Å². The van der Waals surface area contributed by atoms with Crippen molar-refractivity contribution in [2.45, 2.75) is 19.4 Å². The van der Waals surface area contributed by atoms with Crippen molar-refractivity contribution in [3.05, 3.63) is 29.3 Å². The molecule has 5 nitrogen and oxygen atoms in total. The molecule has 0 heterocycles. The number of hydrogen-bond acceptors (Lipinski definition) is 4. The third kappa shape index (κ3) is 4.35. The van der Waals surface area contributed by atoms with Gasteiger partial charge >= 0.3 is 0 Å². The van der Waals surface area contributed by atoms with Crippen LogP contribution < -0.4 is 5.32 Å². The Morgan fingerprint density at radius 3 is 2.89 bits per heavy atom. The van der Waals surface area contributed by atoms with E-state index in [0.717, 1.165) is 5.56 Å². The molecule has 1 aromatic carbocycles. The van der Waals surface area contributed by atoms with Crippen LogP contribution >= 0.6 is 0 Å². The number of phenols is 1. The van der Waals surface area contributed by atoms with Crippen molar-refractivity contribution >= 4 is 5.91 Å². The number of aromatic hydroxyl groups is 1. The Labute approximate surface area is 106 Å². The molecule has 0 spiro atoms. The average molecular weight is 253 g/mol. The van der Waals surface area contributed by atoms with Crippen molar-refractivity contribution in [3.63, 3.8) is 0 Å². The van der Waals surface area contributed by atoms with Crippen molar-refractivity contribution in [2.24, 2.45) is 0 Å². The Bertz CT molecular complexity index is 406. The lowest BCUT2D eigenvalue weighted by Crippen LogP contribution is -2.28. The lowest BCUT2D eigenvalue weighted by atomic mass is 10.1. The normalized spacial score (nSPS) is 12.2. The summed E-state index contributed by atoms with van der Waals surface area (Å²) in [6.07, 6.45) is -0.187. The standard InChI is InChI=1S/C13H19NO4/c1-9-3-4-12(16)11(7-9)13(17)14-6-5-10(15)8-18-2/h3-4,7,10,15-16H,5-6,8H2,1-2H3,(H,14,17). The van der Waals surface area contributed by atoms with Crippen LogP contribution in [-0.4, -0.2) is 42.5 Å². The van der Waals surface area contributed by atoms with Gasteiger partial charge in [-0.3, -0.25) is 4.79 Å². The smallest absolute Gasteiger partial charge is 0.255 e. The van der Waals surface area contributed by atoms with Crippen LogP contribution in [0.15, 0.2) is 18.2 Å². The molecule has 0 aliphatic carbocycles. The molecule has 1 aromatic rings. The van der Waals surface area contributed by atoms with Gasteiger partial charge in [-0.1, -0.05) is 11.6 Å². The zero-order valence-electron chi connectivity index (χ0n) is 10.6. The summed E-state index contributed by atoms with van der Waals surface area (Å²) in [5.41, 5.74) is 1.15. The van der Waals surface area contributed by atoms with Gasteiger partial charge in [0, 0.05) is 13.7 Å². The summed E-state index contributed by atoms with van der Waals surface area (Å²) in [5.74, 6) is -0.392. The lowest BCUT2D eigenvalue weighted by Gasteiger charge is -2.11. The number of benzene rings is 1. The number of amides is 1. The van der Waals surface area contributed by atoms with Crippen LogP contribution in [0.3, 0.4) is 0 Å². The second kappa shape index (κ2) is 6.98. The Hall–Kier alpha value is -1.59. The van der Waals surface area contributed by atoms with Gasteiger partial charge in [0.05, 0.1) is 18.3 Å². The number of aliphatic hydroxyl groups is 1. The van der Waals surface area contributed by atoms with Crippen LogP contribution in [0.5, 0.6) is 5.75 Å². The highest BCUT2D eigenvalue weighted by molar-refractivity contribution is 5.96. The number of hydrogen-bond donors (Lipinski definition) is 3. The molecule has 0 saturated carbocycles. The van der Waals surface area contributed by atoms with E-state index < -0.39 is 6.10 Å². The van der Waals surface area contributed by atoms with Crippen molar-refractivity contribution < 1.29 is 19.7 Å². The predicted octanol–water partition coefficient (Wildman–Crippen LogP) is 0.828. The van der Waals surface area contributed by atoms with Crippen LogP contribution in [0.25, 0.3) is 0 Å². The minimum atomic E-state index is -0.596. The first-order valence-corrected chi connectivity index (χ1v) is 5.79. The number of aryl methyl sites for hydroxylation is 1. The maximum Gasteiger partial charge on any atom is 0.255 e. The number of carbonyl (C=O) groups excluding carboxylic acids is 1. The predicted molar refractivity (Wildman–Crippen MR) is 67.7 cm³/mol. The zero-order valence-corrected chi connectivity index (χ0v) is 10.6. The number of nitrogens with one attached hydrogen (secondary N) is 1. The van der Waals surface area contributed by atoms with E-state index in [0.29, 0.717) is 13.0 Å². The van der Waals surface area contributed by atoms with Gasteiger partial charge in [0.25, 0.3) is 5.91 Å². The summed E-state index contributed by atoms with van der Waals surface area (Å²) in [6.45, 7) is 2.42. The molecule has 1 amide bonds. The van der Waals surface area contributed by atoms with Crippen molar-refractivity contribution in [2.75, 3.05) is 20.3 Å². The summed E-state index contributed by atoms with van der Waals surface area (Å²) in [5, 5.41) is 21.6. The molecule has 0 aliphatic rings. The second-order valence-corrected chi connectivity index (χ2v) is 4.17. The highest BCUT2D eigenvalue weighted by atomic mass is 16.5. The monoisotopic (exact) mass is 253 g/mol. The summed E-state index contributed by atoms with van der Waals surface area (Å²) in [4.78, 5) is 11.8. The summed E-state index contributed by atoms with van der Waals surface area (Å²) >= 11 is 0. The van der Waals surface area contributed by atoms with E-state index in [1.54, 1.807) is 12.1 Å². The van der Waals surface area contributed by atoms with E-state index in [-0.39, 0.29) is 23.8 Å².